The molecule has 1 atom stereocenters. The first-order valence-corrected chi connectivity index (χ1v) is 7.63. The van der Waals surface area contributed by atoms with Gasteiger partial charge in [0.1, 0.15) is 0 Å². The summed E-state index contributed by atoms with van der Waals surface area (Å²) < 4.78 is 5.27. The number of hydrogen-bond acceptors (Lipinski definition) is 3. The minimum Gasteiger partial charge on any atom is -0.504 e. The van der Waals surface area contributed by atoms with Crippen LogP contribution in [0.2, 0.25) is 0 Å². The normalized spacial score (nSPS) is 21.8. The standard InChI is InChI=1S/C18H20O3/c1-2-3-9-14-17(19)16(18(20)21-14)15(13-10-11-13)12-7-5-4-6-8-12/h4-9,13,15,19H,2-3,10-11H2,1H3. The maximum absolute atomic E-state index is 12.2. The molecule has 110 valence electrons. The molecule has 1 aliphatic carbocycles. The van der Waals surface area contributed by atoms with Gasteiger partial charge in [-0.1, -0.05) is 43.7 Å². The number of ether oxygens (including phenoxy) is 1. The van der Waals surface area contributed by atoms with E-state index in [1.54, 1.807) is 6.08 Å². The number of hydrogen-bond donors (Lipinski definition) is 1. The van der Waals surface area contributed by atoms with Gasteiger partial charge in [0.15, 0.2) is 11.5 Å². The van der Waals surface area contributed by atoms with Gasteiger partial charge in [0.05, 0.1) is 5.57 Å². The highest BCUT2D eigenvalue weighted by Crippen LogP contribution is 2.49. The largest absolute Gasteiger partial charge is 0.504 e. The monoisotopic (exact) mass is 284 g/mol. The van der Waals surface area contributed by atoms with E-state index in [0.717, 1.165) is 31.2 Å². The van der Waals surface area contributed by atoms with Crippen LogP contribution >= 0.6 is 0 Å². The highest BCUT2D eigenvalue weighted by atomic mass is 16.6. The summed E-state index contributed by atoms with van der Waals surface area (Å²) >= 11 is 0. The quantitative estimate of drug-likeness (QED) is 0.823. The van der Waals surface area contributed by atoms with Gasteiger partial charge < -0.3 is 9.84 Å². The average Bonchev–Trinajstić information content (AvgIpc) is 3.29. The Bertz CT molecular complexity index is 594. The van der Waals surface area contributed by atoms with Crippen LogP contribution < -0.4 is 0 Å². The number of rotatable bonds is 5. The summed E-state index contributed by atoms with van der Waals surface area (Å²) in [6.45, 7) is 2.05. The molecule has 0 radical (unpaired) electrons. The second-order valence-electron chi connectivity index (χ2n) is 5.73. The summed E-state index contributed by atoms with van der Waals surface area (Å²) in [5.41, 5.74) is 1.52. The maximum Gasteiger partial charge on any atom is 0.344 e. The van der Waals surface area contributed by atoms with Gasteiger partial charge >= 0.3 is 5.97 Å². The van der Waals surface area contributed by atoms with Crippen molar-refractivity contribution in [3.05, 3.63) is 59.1 Å². The van der Waals surface area contributed by atoms with Crippen LogP contribution in [0.5, 0.6) is 0 Å². The van der Waals surface area contributed by atoms with Crippen molar-refractivity contribution in [3.63, 3.8) is 0 Å². The summed E-state index contributed by atoms with van der Waals surface area (Å²) in [4.78, 5) is 12.2. The molecule has 3 nitrogen and oxygen atoms in total. The van der Waals surface area contributed by atoms with Crippen LogP contribution in [0.15, 0.2) is 53.5 Å². The second kappa shape index (κ2) is 5.76. The van der Waals surface area contributed by atoms with Crippen LogP contribution in [0.1, 0.15) is 44.1 Å². The number of carbonyl (C=O) groups is 1. The Kier molecular flexibility index (Phi) is 3.82. The van der Waals surface area contributed by atoms with Crippen molar-refractivity contribution in [1.82, 2.24) is 0 Å². The summed E-state index contributed by atoms with van der Waals surface area (Å²) in [6.07, 6.45) is 5.73. The van der Waals surface area contributed by atoms with Gasteiger partial charge in [0.25, 0.3) is 0 Å². The van der Waals surface area contributed by atoms with Gasteiger partial charge in [0.2, 0.25) is 0 Å². The van der Waals surface area contributed by atoms with Crippen molar-refractivity contribution < 1.29 is 14.6 Å². The molecule has 0 spiro atoms. The first-order valence-electron chi connectivity index (χ1n) is 7.63. The number of esters is 1. The molecule has 2 aliphatic rings. The van der Waals surface area contributed by atoms with Crippen LogP contribution in [0.3, 0.4) is 0 Å². The van der Waals surface area contributed by atoms with Crippen LogP contribution in [0.25, 0.3) is 0 Å². The SMILES string of the molecule is CCCC=C1OC(=O)C(C(c2ccccc2)C2CC2)=C1O. The first-order chi connectivity index (χ1) is 10.2. The van der Waals surface area contributed by atoms with Crippen molar-refractivity contribution >= 4 is 5.97 Å². The highest BCUT2D eigenvalue weighted by molar-refractivity contribution is 5.95. The fraction of sp³-hybridized carbons (Fsp3) is 0.389. The molecular formula is C18H20O3. The van der Waals surface area contributed by atoms with Crippen LogP contribution in [-0.4, -0.2) is 11.1 Å². The number of aliphatic hydroxyl groups excluding tert-OH is 1. The lowest BCUT2D eigenvalue weighted by Gasteiger charge is -2.16. The predicted octanol–water partition coefficient (Wildman–Crippen LogP) is 4.23. The van der Waals surface area contributed by atoms with E-state index in [2.05, 4.69) is 0 Å². The molecule has 1 aromatic rings. The summed E-state index contributed by atoms with van der Waals surface area (Å²) in [7, 11) is 0. The summed E-state index contributed by atoms with van der Waals surface area (Å²) in [5.74, 6) is 0.358. The van der Waals surface area contributed by atoms with Gasteiger partial charge in [-0.25, -0.2) is 4.79 Å². The molecule has 0 aromatic heterocycles. The van der Waals surface area contributed by atoms with Crippen molar-refractivity contribution in [2.45, 2.75) is 38.5 Å². The lowest BCUT2D eigenvalue weighted by Crippen LogP contribution is -2.12. The Balaban J connectivity index is 1.99. The van der Waals surface area contributed by atoms with E-state index in [0.29, 0.717) is 17.3 Å². The molecule has 0 amide bonds. The van der Waals surface area contributed by atoms with E-state index < -0.39 is 5.97 Å². The molecule has 1 saturated carbocycles. The molecule has 3 rings (SSSR count). The fourth-order valence-corrected chi connectivity index (χ4v) is 2.89. The molecule has 3 heteroatoms. The Labute approximate surface area is 124 Å². The van der Waals surface area contributed by atoms with E-state index in [4.69, 9.17) is 4.74 Å². The van der Waals surface area contributed by atoms with Crippen molar-refractivity contribution in [1.29, 1.82) is 0 Å². The zero-order chi connectivity index (χ0) is 14.8. The number of aliphatic hydroxyl groups is 1. The fourth-order valence-electron chi connectivity index (χ4n) is 2.89. The number of unbranched alkanes of at least 4 members (excludes halogenated alkanes) is 1. The average molecular weight is 284 g/mol. The summed E-state index contributed by atoms with van der Waals surface area (Å²) in [5, 5.41) is 10.4. The Morgan fingerprint density at radius 1 is 1.33 bits per heavy atom. The van der Waals surface area contributed by atoms with E-state index in [1.807, 2.05) is 37.3 Å². The number of benzene rings is 1. The third-order valence-electron chi connectivity index (χ3n) is 4.09. The molecule has 0 bridgehead atoms. The summed E-state index contributed by atoms with van der Waals surface area (Å²) in [6, 6.07) is 9.93. The minimum absolute atomic E-state index is 0.0363. The van der Waals surface area contributed by atoms with E-state index in [-0.39, 0.29) is 11.7 Å². The van der Waals surface area contributed by atoms with Crippen LogP contribution in [0, 0.1) is 5.92 Å². The second-order valence-corrected chi connectivity index (χ2v) is 5.73. The Hall–Kier alpha value is -2.03. The third-order valence-corrected chi connectivity index (χ3v) is 4.09. The Morgan fingerprint density at radius 3 is 2.67 bits per heavy atom. The minimum atomic E-state index is -0.393. The predicted molar refractivity (Wildman–Crippen MR) is 80.6 cm³/mol. The molecule has 0 saturated heterocycles. The number of cyclic esters (lactones) is 1. The van der Waals surface area contributed by atoms with Gasteiger partial charge in [-0.3, -0.25) is 0 Å². The number of carbonyl (C=O) groups excluding carboxylic acids is 1. The van der Waals surface area contributed by atoms with Gasteiger partial charge in [0, 0.05) is 5.92 Å². The molecule has 1 N–H and O–H groups in total. The molecule has 1 unspecified atom stereocenters. The number of allylic oxidation sites excluding steroid dienone is 1. The van der Waals surface area contributed by atoms with E-state index in [1.165, 1.54) is 0 Å². The smallest absolute Gasteiger partial charge is 0.344 e. The highest BCUT2D eigenvalue weighted by Gasteiger charge is 2.43. The third kappa shape index (κ3) is 2.73. The van der Waals surface area contributed by atoms with Gasteiger partial charge in [-0.05, 0) is 36.8 Å². The lowest BCUT2D eigenvalue weighted by molar-refractivity contribution is -0.133. The van der Waals surface area contributed by atoms with Crippen molar-refractivity contribution in [3.8, 4) is 0 Å². The lowest BCUT2D eigenvalue weighted by atomic mass is 9.86. The zero-order valence-corrected chi connectivity index (χ0v) is 12.2. The van der Waals surface area contributed by atoms with Crippen LogP contribution in [0.4, 0.5) is 0 Å². The molecule has 1 aromatic carbocycles. The Morgan fingerprint density at radius 2 is 2.05 bits per heavy atom. The molecule has 1 fully saturated rings. The van der Waals surface area contributed by atoms with Crippen molar-refractivity contribution in [2.75, 3.05) is 0 Å². The maximum atomic E-state index is 12.2. The van der Waals surface area contributed by atoms with E-state index >= 15 is 0 Å². The first kappa shape index (κ1) is 13.9. The van der Waals surface area contributed by atoms with E-state index in [9.17, 15) is 9.90 Å². The van der Waals surface area contributed by atoms with Gasteiger partial charge in [-0.2, -0.15) is 0 Å². The molecule has 1 heterocycles. The topological polar surface area (TPSA) is 46.5 Å². The zero-order valence-electron chi connectivity index (χ0n) is 12.2. The molecular weight excluding hydrogens is 264 g/mol. The van der Waals surface area contributed by atoms with Crippen LogP contribution in [-0.2, 0) is 9.53 Å². The molecule has 1 aliphatic heterocycles. The van der Waals surface area contributed by atoms with Crippen molar-refractivity contribution in [2.24, 2.45) is 5.92 Å². The molecule has 21 heavy (non-hydrogen) atoms. The van der Waals surface area contributed by atoms with Gasteiger partial charge in [-0.15, -0.1) is 0 Å².